The Balaban J connectivity index is 1.99. The first kappa shape index (κ1) is 15.8. The number of pyridine rings is 1. The van der Waals surface area contributed by atoms with Gasteiger partial charge >= 0.3 is 0 Å². The van der Waals surface area contributed by atoms with E-state index in [0.717, 1.165) is 0 Å². The number of nitrogens with zero attached hydrogens (tertiary/aromatic N) is 6. The third-order valence-electron chi connectivity index (χ3n) is 3.07. The highest BCUT2D eigenvalue weighted by Crippen LogP contribution is 2.17. The molecule has 1 N–H and O–H groups in total. The van der Waals surface area contributed by atoms with E-state index < -0.39 is 0 Å². The largest absolute Gasteiger partial charge is 0.309 e. The lowest BCUT2D eigenvalue weighted by Crippen LogP contribution is -2.27. The van der Waals surface area contributed by atoms with Crippen LogP contribution in [0.2, 0.25) is 0 Å². The molecule has 0 aromatic carbocycles. The third kappa shape index (κ3) is 3.79. The summed E-state index contributed by atoms with van der Waals surface area (Å²) < 4.78 is 1.61. The average molecular weight is 323 g/mol. The molecular weight excluding hydrogens is 306 g/mol. The van der Waals surface area contributed by atoms with Crippen molar-refractivity contribution in [3.05, 3.63) is 48.9 Å². The molecule has 0 aliphatic carbocycles. The molecule has 0 aliphatic heterocycles. The zero-order valence-corrected chi connectivity index (χ0v) is 13.4. The lowest BCUT2D eigenvalue weighted by molar-refractivity contribution is -0.116. The number of likely N-dealkylation sites (N-methyl/N-ethyl adjacent to an activating group) is 1. The second kappa shape index (κ2) is 6.97. The fourth-order valence-electron chi connectivity index (χ4n) is 2.10. The number of carbonyl (C=O) groups excluding carboxylic acids is 1. The highest BCUT2D eigenvalue weighted by molar-refractivity contribution is 5.91. The van der Waals surface area contributed by atoms with E-state index in [1.54, 1.807) is 40.3 Å². The van der Waals surface area contributed by atoms with E-state index in [2.05, 4.69) is 25.4 Å². The number of hydrogen-bond acceptors (Lipinski definition) is 6. The normalized spacial score (nSPS) is 10.8. The Kier molecular flexibility index (Phi) is 4.57. The van der Waals surface area contributed by atoms with Crippen LogP contribution in [-0.4, -0.2) is 56.2 Å². The molecule has 0 aliphatic rings. The number of amides is 1. The van der Waals surface area contributed by atoms with Gasteiger partial charge in [0.2, 0.25) is 5.91 Å². The highest BCUT2D eigenvalue weighted by atomic mass is 16.2. The van der Waals surface area contributed by atoms with E-state index in [1.165, 1.54) is 0 Å². The summed E-state index contributed by atoms with van der Waals surface area (Å²) in [5.74, 6) is 1.22. The number of anilines is 1. The van der Waals surface area contributed by atoms with Gasteiger partial charge in [0, 0.05) is 24.7 Å². The second-order valence-corrected chi connectivity index (χ2v) is 5.39. The van der Waals surface area contributed by atoms with Crippen molar-refractivity contribution < 1.29 is 4.79 Å². The van der Waals surface area contributed by atoms with Crippen molar-refractivity contribution in [2.45, 2.75) is 0 Å². The predicted octanol–water partition coefficient (Wildman–Crippen LogP) is 1.22. The molecule has 0 unspecified atom stereocenters. The van der Waals surface area contributed by atoms with E-state index >= 15 is 0 Å². The number of carbonyl (C=O) groups is 1. The molecule has 3 aromatic rings. The van der Waals surface area contributed by atoms with E-state index in [0.29, 0.717) is 23.2 Å². The Morgan fingerprint density at radius 3 is 2.75 bits per heavy atom. The zero-order chi connectivity index (χ0) is 16.9. The topological polar surface area (TPSA) is 88.8 Å². The fourth-order valence-corrected chi connectivity index (χ4v) is 2.10. The van der Waals surface area contributed by atoms with E-state index in [-0.39, 0.29) is 12.5 Å². The Bertz CT molecular complexity index is 816. The van der Waals surface area contributed by atoms with Crippen molar-refractivity contribution in [3.63, 3.8) is 0 Å². The van der Waals surface area contributed by atoms with Gasteiger partial charge in [0.05, 0.1) is 6.54 Å². The summed E-state index contributed by atoms with van der Waals surface area (Å²) in [5, 5.41) is 6.96. The van der Waals surface area contributed by atoms with Crippen LogP contribution in [0.15, 0.2) is 48.9 Å². The van der Waals surface area contributed by atoms with Gasteiger partial charge in [-0.3, -0.25) is 9.78 Å². The first-order valence-corrected chi connectivity index (χ1v) is 7.37. The van der Waals surface area contributed by atoms with Gasteiger partial charge in [0.15, 0.2) is 11.6 Å². The van der Waals surface area contributed by atoms with Crippen LogP contribution in [0.25, 0.3) is 17.3 Å². The molecule has 0 radical (unpaired) electrons. The maximum absolute atomic E-state index is 12.0. The standard InChI is InChI=1S/C16H17N7O/c1-22(2)11-15(24)19-13-10-14(23-9-5-8-18-23)21-16(20-13)12-6-3-4-7-17-12/h3-10H,11H2,1-2H3,(H,19,20,21,24). The van der Waals surface area contributed by atoms with E-state index in [4.69, 9.17) is 0 Å². The fraction of sp³-hybridized carbons (Fsp3) is 0.188. The predicted molar refractivity (Wildman–Crippen MR) is 89.6 cm³/mol. The zero-order valence-electron chi connectivity index (χ0n) is 13.4. The molecule has 0 saturated carbocycles. The van der Waals surface area contributed by atoms with Crippen LogP contribution >= 0.6 is 0 Å². The summed E-state index contributed by atoms with van der Waals surface area (Å²) in [5.41, 5.74) is 0.620. The quantitative estimate of drug-likeness (QED) is 0.759. The average Bonchev–Trinajstić information content (AvgIpc) is 3.09. The molecule has 1 amide bonds. The van der Waals surface area contributed by atoms with Crippen LogP contribution in [0.3, 0.4) is 0 Å². The van der Waals surface area contributed by atoms with Crippen molar-refractivity contribution in [2.75, 3.05) is 26.0 Å². The SMILES string of the molecule is CN(C)CC(=O)Nc1cc(-n2cccn2)nc(-c2ccccn2)n1. The second-order valence-electron chi connectivity index (χ2n) is 5.39. The summed E-state index contributed by atoms with van der Waals surface area (Å²) in [4.78, 5) is 26.9. The molecule has 0 bridgehead atoms. The first-order valence-electron chi connectivity index (χ1n) is 7.37. The van der Waals surface area contributed by atoms with Gasteiger partial charge < -0.3 is 10.2 Å². The van der Waals surface area contributed by atoms with Gasteiger partial charge in [-0.25, -0.2) is 14.6 Å². The maximum atomic E-state index is 12.0. The molecule has 0 spiro atoms. The van der Waals surface area contributed by atoms with Crippen molar-refractivity contribution in [1.82, 2.24) is 29.6 Å². The van der Waals surface area contributed by atoms with Crippen molar-refractivity contribution in [2.24, 2.45) is 0 Å². The van der Waals surface area contributed by atoms with Gasteiger partial charge in [0.1, 0.15) is 11.5 Å². The summed E-state index contributed by atoms with van der Waals surface area (Å²) in [6, 6.07) is 8.96. The molecule has 0 fully saturated rings. The van der Waals surface area contributed by atoms with Crippen LogP contribution in [0.4, 0.5) is 5.82 Å². The Morgan fingerprint density at radius 2 is 2.08 bits per heavy atom. The first-order chi connectivity index (χ1) is 11.6. The molecule has 24 heavy (non-hydrogen) atoms. The van der Waals surface area contributed by atoms with E-state index in [9.17, 15) is 4.79 Å². The third-order valence-corrected chi connectivity index (χ3v) is 3.07. The van der Waals surface area contributed by atoms with Crippen LogP contribution < -0.4 is 5.32 Å². The number of aromatic nitrogens is 5. The minimum Gasteiger partial charge on any atom is -0.309 e. The van der Waals surface area contributed by atoms with E-state index in [1.807, 2.05) is 32.3 Å². The van der Waals surface area contributed by atoms with Gasteiger partial charge in [-0.1, -0.05) is 6.07 Å². The van der Waals surface area contributed by atoms with Crippen molar-refractivity contribution in [1.29, 1.82) is 0 Å². The highest BCUT2D eigenvalue weighted by Gasteiger charge is 2.12. The Morgan fingerprint density at radius 1 is 1.21 bits per heavy atom. The van der Waals surface area contributed by atoms with Gasteiger partial charge in [-0.2, -0.15) is 5.10 Å². The van der Waals surface area contributed by atoms with Gasteiger partial charge in [0.25, 0.3) is 0 Å². The van der Waals surface area contributed by atoms with Gasteiger partial charge in [-0.15, -0.1) is 0 Å². The van der Waals surface area contributed by atoms with Crippen LogP contribution in [-0.2, 0) is 4.79 Å². The smallest absolute Gasteiger partial charge is 0.239 e. The minimum atomic E-state index is -0.155. The summed E-state index contributed by atoms with van der Waals surface area (Å²) in [7, 11) is 3.65. The van der Waals surface area contributed by atoms with Crippen LogP contribution in [0, 0.1) is 0 Å². The van der Waals surface area contributed by atoms with Crippen LogP contribution in [0.1, 0.15) is 0 Å². The molecule has 122 valence electrons. The van der Waals surface area contributed by atoms with Crippen molar-refractivity contribution in [3.8, 4) is 17.3 Å². The molecule has 3 rings (SSSR count). The monoisotopic (exact) mass is 323 g/mol. The van der Waals surface area contributed by atoms with Gasteiger partial charge in [-0.05, 0) is 32.3 Å². The van der Waals surface area contributed by atoms with Crippen molar-refractivity contribution >= 4 is 11.7 Å². The summed E-state index contributed by atoms with van der Waals surface area (Å²) in [6.45, 7) is 0.264. The summed E-state index contributed by atoms with van der Waals surface area (Å²) in [6.07, 6.45) is 5.10. The number of hydrogen-bond donors (Lipinski definition) is 1. The molecule has 8 heteroatoms. The lowest BCUT2D eigenvalue weighted by Gasteiger charge is -2.11. The number of rotatable bonds is 5. The van der Waals surface area contributed by atoms with Crippen LogP contribution in [0.5, 0.6) is 0 Å². The molecule has 8 nitrogen and oxygen atoms in total. The summed E-state index contributed by atoms with van der Waals surface area (Å²) >= 11 is 0. The minimum absolute atomic E-state index is 0.155. The molecule has 3 heterocycles. The Labute approximate surface area is 139 Å². The maximum Gasteiger partial charge on any atom is 0.239 e. The molecule has 0 atom stereocenters. The number of nitrogens with one attached hydrogen (secondary N) is 1. The molecular formula is C16H17N7O. The molecule has 3 aromatic heterocycles. The Hall–Kier alpha value is -3.13. The molecule has 0 saturated heterocycles. The lowest BCUT2D eigenvalue weighted by atomic mass is 10.3.